The van der Waals surface area contributed by atoms with Gasteiger partial charge in [-0.15, -0.1) is 0 Å². The molecule has 0 heterocycles. The lowest BCUT2D eigenvalue weighted by Crippen LogP contribution is -1.87. The molecule has 0 radical (unpaired) electrons. The number of ketones is 1. The Hall–Kier alpha value is -0.590. The van der Waals surface area contributed by atoms with Crippen LogP contribution in [0.15, 0.2) is 12.2 Å². The molecule has 0 spiro atoms. The lowest BCUT2D eigenvalue weighted by molar-refractivity contribution is -0.112. The van der Waals surface area contributed by atoms with Crippen molar-refractivity contribution in [2.75, 3.05) is 0 Å². The van der Waals surface area contributed by atoms with E-state index in [4.69, 9.17) is 0 Å². The Kier molecular flexibility index (Phi) is 10.5. The zero-order chi connectivity index (χ0) is 12.2. The minimum atomic E-state index is 0.161. The molecule has 0 aliphatic carbocycles. The first-order valence-corrected chi connectivity index (χ1v) is 6.80. The molecule has 0 aliphatic rings. The second-order valence-electron chi connectivity index (χ2n) is 5.11. The summed E-state index contributed by atoms with van der Waals surface area (Å²) in [6.07, 6.45) is 14.2. The molecular weight excluding hydrogens is 196 g/mol. The third-order valence-corrected chi connectivity index (χ3v) is 2.75. The van der Waals surface area contributed by atoms with Gasteiger partial charge >= 0.3 is 0 Å². The maximum Gasteiger partial charge on any atom is 0.152 e. The molecule has 0 aromatic carbocycles. The molecule has 0 saturated heterocycles. The monoisotopic (exact) mass is 224 g/mol. The molecule has 94 valence electrons. The van der Waals surface area contributed by atoms with E-state index in [1.807, 2.05) is 6.08 Å². The van der Waals surface area contributed by atoms with Gasteiger partial charge in [-0.1, -0.05) is 58.4 Å². The lowest BCUT2D eigenvalue weighted by Gasteiger charge is -2.03. The molecule has 0 atom stereocenters. The van der Waals surface area contributed by atoms with E-state index in [9.17, 15) is 4.79 Å². The van der Waals surface area contributed by atoms with Crippen molar-refractivity contribution in [3.8, 4) is 0 Å². The van der Waals surface area contributed by atoms with Crippen molar-refractivity contribution >= 4 is 5.78 Å². The molecule has 0 rings (SSSR count). The van der Waals surface area contributed by atoms with Gasteiger partial charge in [-0.25, -0.2) is 0 Å². The van der Waals surface area contributed by atoms with E-state index in [0.717, 1.165) is 12.3 Å². The van der Waals surface area contributed by atoms with Crippen LogP contribution in [0.3, 0.4) is 0 Å². The fourth-order valence-corrected chi connectivity index (χ4v) is 1.77. The van der Waals surface area contributed by atoms with Crippen LogP contribution in [0.2, 0.25) is 0 Å². The largest absolute Gasteiger partial charge is 0.295 e. The SMILES string of the molecule is CC(=O)C=CCCCCCCCCC(C)C. The van der Waals surface area contributed by atoms with Gasteiger partial charge in [-0.2, -0.15) is 0 Å². The summed E-state index contributed by atoms with van der Waals surface area (Å²) in [7, 11) is 0. The second kappa shape index (κ2) is 10.9. The zero-order valence-electron chi connectivity index (χ0n) is 11.3. The second-order valence-corrected chi connectivity index (χ2v) is 5.11. The number of hydrogen-bond acceptors (Lipinski definition) is 1. The van der Waals surface area contributed by atoms with Crippen molar-refractivity contribution in [3.63, 3.8) is 0 Å². The van der Waals surface area contributed by atoms with Gasteiger partial charge in [-0.05, 0) is 31.8 Å². The quantitative estimate of drug-likeness (QED) is 0.381. The van der Waals surface area contributed by atoms with Crippen LogP contribution in [0.5, 0.6) is 0 Å². The molecule has 0 unspecified atom stereocenters. The molecule has 0 N–H and O–H groups in total. The summed E-state index contributed by atoms with van der Waals surface area (Å²) >= 11 is 0. The fourth-order valence-electron chi connectivity index (χ4n) is 1.77. The van der Waals surface area contributed by atoms with Gasteiger partial charge < -0.3 is 0 Å². The highest BCUT2D eigenvalue weighted by Crippen LogP contribution is 2.11. The number of unbranched alkanes of at least 4 members (excludes halogenated alkanes) is 6. The molecule has 0 bridgehead atoms. The van der Waals surface area contributed by atoms with Crippen molar-refractivity contribution in [2.45, 2.75) is 72.1 Å². The van der Waals surface area contributed by atoms with Gasteiger partial charge in [0.2, 0.25) is 0 Å². The van der Waals surface area contributed by atoms with Crippen LogP contribution < -0.4 is 0 Å². The van der Waals surface area contributed by atoms with E-state index in [2.05, 4.69) is 13.8 Å². The lowest BCUT2D eigenvalue weighted by atomic mass is 10.0. The number of allylic oxidation sites excluding steroid dienone is 2. The first kappa shape index (κ1) is 15.4. The number of carbonyl (C=O) groups is 1. The highest BCUT2D eigenvalue weighted by Gasteiger charge is 1.94. The molecular formula is C15H28O. The first-order valence-electron chi connectivity index (χ1n) is 6.80. The standard InChI is InChI=1S/C15H28O/c1-14(2)12-10-8-6-4-5-7-9-11-13-15(3)16/h11,13-14H,4-10,12H2,1-3H3. The summed E-state index contributed by atoms with van der Waals surface area (Å²) in [5.41, 5.74) is 0. The fraction of sp³-hybridized carbons (Fsp3) is 0.800. The van der Waals surface area contributed by atoms with E-state index in [0.29, 0.717) is 0 Å². The molecule has 1 nitrogen and oxygen atoms in total. The van der Waals surface area contributed by atoms with Gasteiger partial charge in [-0.3, -0.25) is 4.79 Å². The third-order valence-electron chi connectivity index (χ3n) is 2.75. The Morgan fingerprint density at radius 3 is 2.12 bits per heavy atom. The zero-order valence-corrected chi connectivity index (χ0v) is 11.3. The van der Waals surface area contributed by atoms with Crippen molar-refractivity contribution in [1.82, 2.24) is 0 Å². The van der Waals surface area contributed by atoms with Gasteiger partial charge in [0.1, 0.15) is 0 Å². The summed E-state index contributed by atoms with van der Waals surface area (Å²) in [6.45, 7) is 6.19. The van der Waals surface area contributed by atoms with Crippen molar-refractivity contribution in [3.05, 3.63) is 12.2 Å². The maximum atomic E-state index is 10.6. The van der Waals surface area contributed by atoms with Gasteiger partial charge in [0, 0.05) is 0 Å². The van der Waals surface area contributed by atoms with Crippen LogP contribution in [-0.2, 0) is 4.79 Å². The molecule has 0 aromatic rings. The molecule has 1 heteroatoms. The van der Waals surface area contributed by atoms with Gasteiger partial charge in [0.25, 0.3) is 0 Å². The minimum absolute atomic E-state index is 0.161. The Morgan fingerprint density at radius 2 is 1.56 bits per heavy atom. The molecule has 0 aromatic heterocycles. The highest BCUT2D eigenvalue weighted by molar-refractivity contribution is 5.87. The average molecular weight is 224 g/mol. The Bertz CT molecular complexity index is 192. The smallest absolute Gasteiger partial charge is 0.152 e. The van der Waals surface area contributed by atoms with E-state index < -0.39 is 0 Å². The van der Waals surface area contributed by atoms with Crippen molar-refractivity contribution < 1.29 is 4.79 Å². The topological polar surface area (TPSA) is 17.1 Å². The molecule has 0 fully saturated rings. The predicted octanol–water partition coefficient (Wildman–Crippen LogP) is 4.91. The van der Waals surface area contributed by atoms with E-state index in [1.165, 1.54) is 44.9 Å². The van der Waals surface area contributed by atoms with Crippen LogP contribution in [-0.4, -0.2) is 5.78 Å². The van der Waals surface area contributed by atoms with Crippen LogP contribution in [0.4, 0.5) is 0 Å². The highest BCUT2D eigenvalue weighted by atomic mass is 16.1. The summed E-state index contributed by atoms with van der Waals surface area (Å²) in [5, 5.41) is 0. The van der Waals surface area contributed by atoms with Crippen LogP contribution in [0.25, 0.3) is 0 Å². The number of rotatable bonds is 10. The molecule has 0 aliphatic heterocycles. The van der Waals surface area contributed by atoms with Gasteiger partial charge in [0.15, 0.2) is 5.78 Å². The Balaban J connectivity index is 3.07. The van der Waals surface area contributed by atoms with Gasteiger partial charge in [0.05, 0.1) is 0 Å². The predicted molar refractivity (Wildman–Crippen MR) is 71.6 cm³/mol. The van der Waals surface area contributed by atoms with E-state index in [1.54, 1.807) is 13.0 Å². The van der Waals surface area contributed by atoms with Crippen LogP contribution in [0, 0.1) is 5.92 Å². The molecule has 16 heavy (non-hydrogen) atoms. The Labute approximate surface area is 101 Å². The average Bonchev–Trinajstić information content (AvgIpc) is 2.20. The van der Waals surface area contributed by atoms with Crippen molar-refractivity contribution in [2.24, 2.45) is 5.92 Å². The molecule has 0 amide bonds. The summed E-state index contributed by atoms with van der Waals surface area (Å²) < 4.78 is 0. The van der Waals surface area contributed by atoms with Crippen LogP contribution >= 0.6 is 0 Å². The maximum absolute atomic E-state index is 10.6. The molecule has 0 saturated carbocycles. The number of hydrogen-bond donors (Lipinski definition) is 0. The summed E-state index contributed by atoms with van der Waals surface area (Å²) in [6, 6.07) is 0. The third kappa shape index (κ3) is 13.4. The van der Waals surface area contributed by atoms with Crippen LogP contribution in [0.1, 0.15) is 72.1 Å². The number of carbonyl (C=O) groups excluding carboxylic acids is 1. The van der Waals surface area contributed by atoms with E-state index in [-0.39, 0.29) is 5.78 Å². The summed E-state index contributed by atoms with van der Waals surface area (Å²) in [5.74, 6) is 1.02. The van der Waals surface area contributed by atoms with E-state index >= 15 is 0 Å². The first-order chi connectivity index (χ1) is 7.63. The van der Waals surface area contributed by atoms with Crippen molar-refractivity contribution in [1.29, 1.82) is 0 Å². The minimum Gasteiger partial charge on any atom is -0.295 e. The Morgan fingerprint density at radius 1 is 1.00 bits per heavy atom. The summed E-state index contributed by atoms with van der Waals surface area (Å²) in [4.78, 5) is 10.6. The normalized spacial score (nSPS) is 11.5.